The van der Waals surface area contributed by atoms with E-state index in [1.165, 1.54) is 0 Å². The zero-order valence-corrected chi connectivity index (χ0v) is 12.3. The van der Waals surface area contributed by atoms with Crippen LogP contribution in [0.25, 0.3) is 10.9 Å². The van der Waals surface area contributed by atoms with E-state index in [1.807, 2.05) is 40.9 Å². The van der Waals surface area contributed by atoms with Crippen molar-refractivity contribution < 1.29 is 9.53 Å². The van der Waals surface area contributed by atoms with Crippen molar-refractivity contribution in [3.63, 3.8) is 0 Å². The Bertz CT molecular complexity index is 630. The molecule has 19 heavy (non-hydrogen) atoms. The van der Waals surface area contributed by atoms with Gasteiger partial charge in [-0.2, -0.15) is 0 Å². The molecule has 1 fully saturated rings. The summed E-state index contributed by atoms with van der Waals surface area (Å²) in [5, 5.41) is 0.994. The lowest BCUT2D eigenvalue weighted by molar-refractivity contribution is 0.0304. The van der Waals surface area contributed by atoms with Gasteiger partial charge in [0.15, 0.2) is 0 Å². The van der Waals surface area contributed by atoms with Crippen molar-refractivity contribution in [1.82, 2.24) is 9.47 Å². The summed E-state index contributed by atoms with van der Waals surface area (Å²) in [6, 6.07) is 6.02. The van der Waals surface area contributed by atoms with Crippen molar-refractivity contribution in [3.8, 4) is 0 Å². The third-order valence-corrected chi connectivity index (χ3v) is 3.97. The summed E-state index contributed by atoms with van der Waals surface area (Å²) in [5.41, 5.74) is 1.83. The van der Waals surface area contributed by atoms with Gasteiger partial charge >= 0.3 is 0 Å². The lowest BCUT2D eigenvalue weighted by Gasteiger charge is -2.26. The molecule has 1 saturated heterocycles. The highest BCUT2D eigenvalue weighted by atomic mass is 79.9. The zero-order valence-electron chi connectivity index (χ0n) is 10.7. The quantitative estimate of drug-likeness (QED) is 0.808. The Balaban J connectivity index is 2.04. The van der Waals surface area contributed by atoms with Gasteiger partial charge in [0.25, 0.3) is 5.91 Å². The Morgan fingerprint density at radius 1 is 1.32 bits per heavy atom. The van der Waals surface area contributed by atoms with Crippen LogP contribution in [0.15, 0.2) is 28.9 Å². The van der Waals surface area contributed by atoms with Crippen LogP contribution in [0.1, 0.15) is 10.4 Å². The molecule has 1 aromatic carbocycles. The van der Waals surface area contributed by atoms with Gasteiger partial charge in [0.2, 0.25) is 0 Å². The van der Waals surface area contributed by atoms with Crippen LogP contribution in [0.5, 0.6) is 0 Å². The fraction of sp³-hybridized carbons (Fsp3) is 0.357. The van der Waals surface area contributed by atoms with E-state index in [0.29, 0.717) is 26.3 Å². The van der Waals surface area contributed by atoms with Crippen LogP contribution in [0.4, 0.5) is 0 Å². The Kier molecular flexibility index (Phi) is 3.33. The number of hydrogen-bond acceptors (Lipinski definition) is 2. The first-order valence-electron chi connectivity index (χ1n) is 6.28. The summed E-state index contributed by atoms with van der Waals surface area (Å²) in [5.74, 6) is 0.0898. The monoisotopic (exact) mass is 322 g/mol. The van der Waals surface area contributed by atoms with Crippen LogP contribution >= 0.6 is 15.9 Å². The molecule has 3 rings (SSSR count). The number of nitrogens with zero attached hydrogens (tertiary/aromatic N) is 2. The molecule has 0 aliphatic carbocycles. The van der Waals surface area contributed by atoms with Gasteiger partial charge in [-0.05, 0) is 18.2 Å². The van der Waals surface area contributed by atoms with Gasteiger partial charge in [0.1, 0.15) is 0 Å². The molecule has 1 aliphatic rings. The van der Waals surface area contributed by atoms with Crippen molar-refractivity contribution in [2.75, 3.05) is 26.3 Å². The van der Waals surface area contributed by atoms with E-state index in [4.69, 9.17) is 4.74 Å². The first-order chi connectivity index (χ1) is 9.16. The number of carbonyl (C=O) groups is 1. The Morgan fingerprint density at radius 3 is 2.79 bits per heavy atom. The predicted octanol–water partition coefficient (Wildman–Crippen LogP) is 2.41. The fourth-order valence-corrected chi connectivity index (χ4v) is 2.83. The van der Waals surface area contributed by atoms with Crippen molar-refractivity contribution in [3.05, 3.63) is 34.4 Å². The second kappa shape index (κ2) is 4.98. The lowest BCUT2D eigenvalue weighted by atomic mass is 10.1. The molecule has 2 aromatic rings. The average Bonchev–Trinajstić information content (AvgIpc) is 2.75. The molecule has 2 heterocycles. The van der Waals surface area contributed by atoms with Gasteiger partial charge in [0, 0.05) is 41.7 Å². The third-order valence-electron chi connectivity index (χ3n) is 3.48. The number of halogens is 1. The molecule has 0 bridgehead atoms. The summed E-state index contributed by atoms with van der Waals surface area (Å²) < 4.78 is 8.27. The molecule has 1 aromatic heterocycles. The van der Waals surface area contributed by atoms with Crippen LogP contribution in [0.3, 0.4) is 0 Å². The van der Waals surface area contributed by atoms with E-state index in [0.717, 1.165) is 20.9 Å². The number of aromatic nitrogens is 1. The number of fused-ring (bicyclic) bond motifs is 1. The molecule has 0 saturated carbocycles. The van der Waals surface area contributed by atoms with Gasteiger partial charge in [-0.1, -0.05) is 15.9 Å². The third kappa shape index (κ3) is 2.28. The van der Waals surface area contributed by atoms with Gasteiger partial charge in [-0.25, -0.2) is 0 Å². The summed E-state index contributed by atoms with van der Waals surface area (Å²) >= 11 is 3.47. The number of benzene rings is 1. The molecule has 0 N–H and O–H groups in total. The largest absolute Gasteiger partial charge is 0.378 e. The average molecular weight is 323 g/mol. The topological polar surface area (TPSA) is 34.5 Å². The van der Waals surface area contributed by atoms with E-state index in [1.54, 1.807) is 0 Å². The van der Waals surface area contributed by atoms with Gasteiger partial charge in [-0.3, -0.25) is 4.79 Å². The lowest BCUT2D eigenvalue weighted by Crippen LogP contribution is -2.40. The molecule has 5 heteroatoms. The van der Waals surface area contributed by atoms with Gasteiger partial charge < -0.3 is 14.2 Å². The molecular formula is C14H15BrN2O2. The number of hydrogen-bond donors (Lipinski definition) is 0. The van der Waals surface area contributed by atoms with Crippen molar-refractivity contribution in [1.29, 1.82) is 0 Å². The number of morpholine rings is 1. The molecule has 4 nitrogen and oxygen atoms in total. The number of carbonyl (C=O) groups excluding carboxylic acids is 1. The summed E-state index contributed by atoms with van der Waals surface area (Å²) in [6.07, 6.45) is 1.91. The second-order valence-corrected chi connectivity index (χ2v) is 5.64. The van der Waals surface area contributed by atoms with E-state index >= 15 is 0 Å². The van der Waals surface area contributed by atoms with Crippen LogP contribution in [-0.2, 0) is 11.8 Å². The van der Waals surface area contributed by atoms with Gasteiger partial charge in [-0.15, -0.1) is 0 Å². The molecule has 100 valence electrons. The Morgan fingerprint density at radius 2 is 2.05 bits per heavy atom. The fourth-order valence-electron chi connectivity index (χ4n) is 2.47. The molecule has 0 spiro atoms. The molecular weight excluding hydrogens is 308 g/mol. The normalized spacial score (nSPS) is 16.0. The predicted molar refractivity (Wildman–Crippen MR) is 77.3 cm³/mol. The summed E-state index contributed by atoms with van der Waals surface area (Å²) in [4.78, 5) is 14.4. The Labute approximate surface area is 120 Å². The number of rotatable bonds is 1. The molecule has 1 amide bonds. The highest BCUT2D eigenvalue weighted by molar-refractivity contribution is 9.10. The first kappa shape index (κ1) is 12.7. The minimum absolute atomic E-state index is 0.0898. The standard InChI is InChI=1S/C14H15BrN2O2/c1-16-9-12(11-8-10(15)2-3-13(11)16)14(18)17-4-6-19-7-5-17/h2-3,8-9H,4-7H2,1H3. The maximum absolute atomic E-state index is 12.6. The van der Waals surface area contributed by atoms with Crippen LogP contribution in [0.2, 0.25) is 0 Å². The number of aryl methyl sites for hydroxylation is 1. The first-order valence-corrected chi connectivity index (χ1v) is 7.08. The summed E-state index contributed by atoms with van der Waals surface area (Å²) in [6.45, 7) is 2.59. The highest BCUT2D eigenvalue weighted by Gasteiger charge is 2.22. The molecule has 0 unspecified atom stereocenters. The number of amides is 1. The van der Waals surface area contributed by atoms with Crippen LogP contribution in [0, 0.1) is 0 Å². The van der Waals surface area contributed by atoms with Gasteiger partial charge in [0.05, 0.1) is 18.8 Å². The maximum Gasteiger partial charge on any atom is 0.256 e. The molecule has 0 atom stereocenters. The smallest absolute Gasteiger partial charge is 0.256 e. The summed E-state index contributed by atoms with van der Waals surface area (Å²) in [7, 11) is 1.96. The van der Waals surface area contributed by atoms with E-state index < -0.39 is 0 Å². The van der Waals surface area contributed by atoms with Crippen LogP contribution < -0.4 is 0 Å². The van der Waals surface area contributed by atoms with E-state index in [-0.39, 0.29) is 5.91 Å². The van der Waals surface area contributed by atoms with E-state index in [9.17, 15) is 4.79 Å². The Hall–Kier alpha value is -1.33. The second-order valence-electron chi connectivity index (χ2n) is 4.72. The van der Waals surface area contributed by atoms with E-state index in [2.05, 4.69) is 15.9 Å². The van der Waals surface area contributed by atoms with Crippen molar-refractivity contribution in [2.45, 2.75) is 0 Å². The minimum Gasteiger partial charge on any atom is -0.378 e. The SMILES string of the molecule is Cn1cc(C(=O)N2CCOCC2)c2cc(Br)ccc21. The maximum atomic E-state index is 12.6. The molecule has 1 aliphatic heterocycles. The zero-order chi connectivity index (χ0) is 13.4. The van der Waals surface area contributed by atoms with Crippen molar-refractivity contribution in [2.24, 2.45) is 7.05 Å². The van der Waals surface area contributed by atoms with Crippen LogP contribution in [-0.4, -0.2) is 41.7 Å². The molecule has 0 radical (unpaired) electrons. The number of ether oxygens (including phenoxy) is 1. The van der Waals surface area contributed by atoms with Crippen molar-refractivity contribution >= 4 is 32.7 Å². The minimum atomic E-state index is 0.0898. The highest BCUT2D eigenvalue weighted by Crippen LogP contribution is 2.25.